The second-order valence-electron chi connectivity index (χ2n) is 4.41. The highest BCUT2D eigenvalue weighted by atomic mass is 16.6. The molecule has 1 saturated heterocycles. The van der Waals surface area contributed by atoms with Crippen molar-refractivity contribution in [3.8, 4) is 0 Å². The number of rotatable bonds is 2. The Morgan fingerprint density at radius 3 is 2.70 bits per heavy atom. The van der Waals surface area contributed by atoms with Gasteiger partial charge in [0.25, 0.3) is 0 Å². The molecule has 3 rings (SSSR count). The van der Waals surface area contributed by atoms with Gasteiger partial charge < -0.3 is 26.4 Å². The van der Waals surface area contributed by atoms with E-state index in [1.54, 1.807) is 0 Å². The van der Waals surface area contributed by atoms with Crippen LogP contribution in [0.5, 0.6) is 0 Å². The van der Waals surface area contributed by atoms with Crippen molar-refractivity contribution in [3.05, 3.63) is 12.7 Å². The summed E-state index contributed by atoms with van der Waals surface area (Å²) in [5, 5.41) is 19.7. The van der Waals surface area contributed by atoms with E-state index in [1.807, 2.05) is 0 Å². The number of fused-ring (bicyclic) bond motifs is 1. The predicted octanol–water partition coefficient (Wildman–Crippen LogP) is -2.49. The van der Waals surface area contributed by atoms with Crippen molar-refractivity contribution < 1.29 is 19.7 Å². The van der Waals surface area contributed by atoms with Crippen molar-refractivity contribution >= 4 is 22.9 Å². The van der Waals surface area contributed by atoms with Gasteiger partial charge in [0.1, 0.15) is 24.1 Å². The van der Waals surface area contributed by atoms with Crippen LogP contribution >= 0.6 is 0 Å². The lowest BCUT2D eigenvalue weighted by atomic mass is 10.1. The number of aliphatic hydroxyl groups excluding tert-OH is 2. The number of anilines is 1. The highest BCUT2D eigenvalue weighted by Crippen LogP contribution is 2.31. The fourth-order valence-corrected chi connectivity index (χ4v) is 2.18. The quantitative estimate of drug-likeness (QED) is 0.469. The summed E-state index contributed by atoms with van der Waals surface area (Å²) in [6, 6.07) is 0. The minimum absolute atomic E-state index is 0.174. The van der Waals surface area contributed by atoms with E-state index in [0.29, 0.717) is 11.2 Å². The van der Waals surface area contributed by atoms with E-state index in [0.717, 1.165) is 0 Å². The first-order valence-corrected chi connectivity index (χ1v) is 5.74. The van der Waals surface area contributed by atoms with E-state index in [2.05, 4.69) is 15.0 Å². The van der Waals surface area contributed by atoms with Crippen LogP contribution in [-0.2, 0) is 9.53 Å². The Morgan fingerprint density at radius 2 is 2.05 bits per heavy atom. The SMILES string of the molecule is NC(=O)[C@@H]1O[C@@H](n2cnc3c(N)ncnc32)[C@@H](O)[C@@H]1O. The number of amides is 1. The summed E-state index contributed by atoms with van der Waals surface area (Å²) in [4.78, 5) is 22.9. The number of nitrogens with two attached hydrogens (primary N) is 2. The summed E-state index contributed by atoms with van der Waals surface area (Å²) in [6.07, 6.45) is -2.54. The third-order valence-corrected chi connectivity index (χ3v) is 3.18. The molecule has 0 aromatic carbocycles. The summed E-state index contributed by atoms with van der Waals surface area (Å²) in [5.41, 5.74) is 11.4. The maximum atomic E-state index is 11.1. The fourth-order valence-electron chi connectivity index (χ4n) is 2.18. The van der Waals surface area contributed by atoms with Gasteiger partial charge in [0, 0.05) is 0 Å². The van der Waals surface area contributed by atoms with Crippen LogP contribution in [-0.4, -0.2) is 54.0 Å². The average Bonchev–Trinajstić information content (AvgIpc) is 2.94. The van der Waals surface area contributed by atoms with E-state index in [9.17, 15) is 15.0 Å². The summed E-state index contributed by atoms with van der Waals surface area (Å²) in [6.45, 7) is 0. The second-order valence-corrected chi connectivity index (χ2v) is 4.41. The van der Waals surface area contributed by atoms with E-state index >= 15 is 0 Å². The van der Waals surface area contributed by atoms with E-state index in [4.69, 9.17) is 16.2 Å². The van der Waals surface area contributed by atoms with Gasteiger partial charge in [-0.3, -0.25) is 9.36 Å². The molecule has 10 nitrogen and oxygen atoms in total. The van der Waals surface area contributed by atoms with Crippen molar-refractivity contribution in [2.75, 3.05) is 5.73 Å². The molecule has 2 aromatic heterocycles. The summed E-state index contributed by atoms with van der Waals surface area (Å²) >= 11 is 0. The van der Waals surface area contributed by atoms with Gasteiger partial charge in [-0.15, -0.1) is 0 Å². The predicted molar refractivity (Wildman–Crippen MR) is 64.9 cm³/mol. The molecular weight excluding hydrogens is 268 g/mol. The normalized spacial score (nSPS) is 29.9. The first-order chi connectivity index (χ1) is 9.50. The average molecular weight is 280 g/mol. The molecule has 4 atom stereocenters. The minimum atomic E-state index is -1.42. The van der Waals surface area contributed by atoms with Crippen LogP contribution < -0.4 is 11.5 Å². The summed E-state index contributed by atoms with van der Waals surface area (Å²) in [7, 11) is 0. The number of primary amides is 1. The van der Waals surface area contributed by atoms with Crippen LogP contribution in [0.15, 0.2) is 12.7 Å². The molecular formula is C10H12N6O4. The zero-order valence-electron chi connectivity index (χ0n) is 10.1. The van der Waals surface area contributed by atoms with Gasteiger partial charge in [0.2, 0.25) is 5.91 Å². The van der Waals surface area contributed by atoms with Crippen LogP contribution in [0.4, 0.5) is 5.82 Å². The number of ether oxygens (including phenoxy) is 1. The zero-order valence-corrected chi connectivity index (χ0v) is 10.1. The zero-order chi connectivity index (χ0) is 14.4. The molecule has 0 spiro atoms. The number of carbonyl (C=O) groups is 1. The van der Waals surface area contributed by atoms with Gasteiger partial charge in [-0.1, -0.05) is 0 Å². The van der Waals surface area contributed by atoms with E-state index < -0.39 is 30.4 Å². The lowest BCUT2D eigenvalue weighted by molar-refractivity contribution is -0.134. The largest absolute Gasteiger partial charge is 0.387 e. The van der Waals surface area contributed by atoms with Crippen LogP contribution in [0, 0.1) is 0 Å². The van der Waals surface area contributed by atoms with E-state index in [1.165, 1.54) is 17.2 Å². The van der Waals surface area contributed by atoms with Crippen LogP contribution in [0.25, 0.3) is 11.2 Å². The maximum Gasteiger partial charge on any atom is 0.249 e. The number of nitrogen functional groups attached to an aromatic ring is 1. The van der Waals surface area contributed by atoms with Crippen molar-refractivity contribution in [1.29, 1.82) is 0 Å². The van der Waals surface area contributed by atoms with Gasteiger partial charge in [-0.05, 0) is 0 Å². The molecule has 0 saturated carbocycles. The maximum absolute atomic E-state index is 11.1. The lowest BCUT2D eigenvalue weighted by Gasteiger charge is -2.16. The van der Waals surface area contributed by atoms with Gasteiger partial charge in [0.15, 0.2) is 23.8 Å². The third-order valence-electron chi connectivity index (χ3n) is 3.18. The van der Waals surface area contributed by atoms with Gasteiger partial charge in [-0.2, -0.15) is 0 Å². The monoisotopic (exact) mass is 280 g/mol. The molecule has 0 aliphatic carbocycles. The first-order valence-electron chi connectivity index (χ1n) is 5.74. The molecule has 20 heavy (non-hydrogen) atoms. The van der Waals surface area contributed by atoms with Crippen molar-refractivity contribution in [2.24, 2.45) is 5.73 Å². The molecule has 1 aliphatic rings. The molecule has 1 aliphatic heterocycles. The standard InChI is InChI=1S/C10H12N6O4/c11-7-3-9(14-1-13-7)16(2-15-3)10-5(18)4(17)6(20-10)8(12)19/h1-2,4-6,10,17-18H,(H2,12,19)(H2,11,13,14)/t4-,5-,6+,10+/m0/s1. The first kappa shape index (κ1) is 12.7. The highest BCUT2D eigenvalue weighted by Gasteiger charge is 2.47. The molecule has 0 radical (unpaired) electrons. The van der Waals surface area contributed by atoms with Crippen molar-refractivity contribution in [1.82, 2.24) is 19.5 Å². The molecule has 106 valence electrons. The second kappa shape index (κ2) is 4.37. The number of nitrogens with zero attached hydrogens (tertiary/aromatic N) is 4. The van der Waals surface area contributed by atoms with Gasteiger partial charge >= 0.3 is 0 Å². The number of aromatic nitrogens is 4. The van der Waals surface area contributed by atoms with Crippen LogP contribution in [0.3, 0.4) is 0 Å². The number of aliphatic hydroxyl groups is 2. The molecule has 0 bridgehead atoms. The Hall–Kier alpha value is -2.30. The molecule has 6 N–H and O–H groups in total. The lowest BCUT2D eigenvalue weighted by Crippen LogP contribution is -2.39. The number of imidazole rings is 1. The van der Waals surface area contributed by atoms with Crippen molar-refractivity contribution in [2.45, 2.75) is 24.5 Å². The summed E-state index contributed by atoms with van der Waals surface area (Å²) in [5.74, 6) is -0.689. The molecule has 10 heteroatoms. The Balaban J connectivity index is 2.04. The Bertz CT molecular complexity index is 673. The van der Waals surface area contributed by atoms with Gasteiger partial charge in [-0.25, -0.2) is 15.0 Å². The number of hydrogen-bond donors (Lipinski definition) is 4. The van der Waals surface area contributed by atoms with Gasteiger partial charge in [0.05, 0.1) is 6.33 Å². The molecule has 2 aromatic rings. The molecule has 1 fully saturated rings. The van der Waals surface area contributed by atoms with Crippen molar-refractivity contribution in [3.63, 3.8) is 0 Å². The molecule has 1 amide bonds. The Morgan fingerprint density at radius 1 is 1.30 bits per heavy atom. The Labute approximate surface area is 112 Å². The van der Waals surface area contributed by atoms with Crippen LogP contribution in [0.1, 0.15) is 6.23 Å². The molecule has 3 heterocycles. The van der Waals surface area contributed by atoms with E-state index in [-0.39, 0.29) is 5.82 Å². The smallest absolute Gasteiger partial charge is 0.249 e. The van der Waals surface area contributed by atoms with Crippen LogP contribution in [0.2, 0.25) is 0 Å². The minimum Gasteiger partial charge on any atom is -0.387 e. The Kier molecular flexibility index (Phi) is 2.78. The highest BCUT2D eigenvalue weighted by molar-refractivity contribution is 5.81. The topological polar surface area (TPSA) is 162 Å². The third kappa shape index (κ3) is 1.70. The molecule has 0 unspecified atom stereocenters. The fraction of sp³-hybridized carbons (Fsp3) is 0.400. The summed E-state index contributed by atoms with van der Waals surface area (Å²) < 4.78 is 6.65. The number of hydrogen-bond acceptors (Lipinski definition) is 8. The number of carbonyl (C=O) groups excluding carboxylic acids is 1.